The first-order valence-corrected chi connectivity index (χ1v) is 9.21. The van der Waals surface area contributed by atoms with Crippen LogP contribution in [0.3, 0.4) is 0 Å². The number of H-pyrrole nitrogens is 1. The number of aromatic amines is 1. The van der Waals surface area contributed by atoms with Crippen molar-refractivity contribution in [2.75, 3.05) is 6.54 Å². The second-order valence-electron chi connectivity index (χ2n) is 6.78. The maximum Gasteiger partial charge on any atom is 0.416 e. The summed E-state index contributed by atoms with van der Waals surface area (Å²) in [4.78, 5) is 14.0. The third-order valence-electron chi connectivity index (χ3n) is 4.79. The lowest BCUT2D eigenvalue weighted by Gasteiger charge is -2.28. The van der Waals surface area contributed by atoms with Crippen LogP contribution in [0.2, 0.25) is 0 Å². The van der Waals surface area contributed by atoms with Gasteiger partial charge >= 0.3 is 6.18 Å². The Labute approximate surface area is 165 Å². The van der Waals surface area contributed by atoms with Crippen LogP contribution >= 0.6 is 12.2 Å². The molecule has 0 saturated carbocycles. The van der Waals surface area contributed by atoms with Crippen molar-refractivity contribution in [2.24, 2.45) is 0 Å². The van der Waals surface area contributed by atoms with Gasteiger partial charge in [-0.05, 0) is 36.0 Å². The highest BCUT2D eigenvalue weighted by molar-refractivity contribution is 7.71. The lowest BCUT2D eigenvalue weighted by atomic mass is 10.1. The molecule has 0 bridgehead atoms. The summed E-state index contributed by atoms with van der Waals surface area (Å²) in [5, 5.41) is 0. The Morgan fingerprint density at radius 3 is 2.50 bits per heavy atom. The smallest absolute Gasteiger partial charge is 0.334 e. The van der Waals surface area contributed by atoms with Crippen molar-refractivity contribution in [1.29, 1.82) is 0 Å². The first-order valence-electron chi connectivity index (χ1n) is 8.80. The first kappa shape index (κ1) is 18.8. The number of benzene rings is 1. The summed E-state index contributed by atoms with van der Waals surface area (Å²) in [6.07, 6.45) is 0.160. The molecule has 28 heavy (non-hydrogen) atoms. The largest absolute Gasteiger partial charge is 0.416 e. The molecular weight excluding hydrogens is 385 g/mol. The Morgan fingerprint density at radius 2 is 1.82 bits per heavy atom. The number of hydrogen-bond acceptors (Lipinski definition) is 4. The number of hydrogen-bond donors (Lipinski definition) is 1. The Morgan fingerprint density at radius 1 is 1.04 bits per heavy atom. The minimum atomic E-state index is -4.33. The normalized spacial score (nSPS) is 14.7. The van der Waals surface area contributed by atoms with Crippen LogP contribution in [0.5, 0.6) is 0 Å². The molecule has 0 unspecified atom stereocenters. The molecule has 0 spiro atoms. The molecule has 0 fully saturated rings. The molecule has 4 rings (SSSR count). The highest BCUT2D eigenvalue weighted by atomic mass is 32.1. The van der Waals surface area contributed by atoms with Crippen LogP contribution in [0, 0.1) is 4.77 Å². The predicted molar refractivity (Wildman–Crippen MR) is 102 cm³/mol. The van der Waals surface area contributed by atoms with E-state index in [9.17, 15) is 13.2 Å². The lowest BCUT2D eigenvalue weighted by molar-refractivity contribution is -0.137. The third kappa shape index (κ3) is 4.13. The fourth-order valence-electron chi connectivity index (χ4n) is 3.32. The van der Waals surface area contributed by atoms with E-state index in [4.69, 9.17) is 12.2 Å². The number of nitrogens with one attached hydrogen (secondary N) is 1. The van der Waals surface area contributed by atoms with E-state index in [1.165, 1.54) is 12.1 Å². The number of pyridine rings is 1. The van der Waals surface area contributed by atoms with Crippen molar-refractivity contribution in [3.63, 3.8) is 0 Å². The molecule has 0 amide bonds. The van der Waals surface area contributed by atoms with Crippen LogP contribution in [0.15, 0.2) is 48.8 Å². The number of aromatic nitrogens is 3. The van der Waals surface area contributed by atoms with Crippen LogP contribution in [-0.2, 0) is 25.7 Å². The molecule has 1 aliphatic heterocycles. The van der Waals surface area contributed by atoms with Gasteiger partial charge in [-0.3, -0.25) is 9.88 Å². The SMILES string of the molecule is FC(F)(F)c1ccc(-c2ccc(CN3CCc4[nH]c(=S)ncc4C3)cn2)cc1. The van der Waals surface area contributed by atoms with Gasteiger partial charge in [0.05, 0.1) is 11.3 Å². The molecular formula is C20H17F3N4S. The third-order valence-corrected chi connectivity index (χ3v) is 5.00. The van der Waals surface area contributed by atoms with Gasteiger partial charge in [-0.1, -0.05) is 18.2 Å². The number of nitrogens with zero attached hydrogens (tertiary/aromatic N) is 3. The van der Waals surface area contributed by atoms with Crippen molar-refractivity contribution in [2.45, 2.75) is 25.7 Å². The van der Waals surface area contributed by atoms with Crippen LogP contribution in [0.4, 0.5) is 13.2 Å². The fourth-order valence-corrected chi connectivity index (χ4v) is 3.49. The second-order valence-corrected chi connectivity index (χ2v) is 7.17. The molecule has 0 aliphatic carbocycles. The fraction of sp³-hybridized carbons (Fsp3) is 0.250. The minimum absolute atomic E-state index is 0.509. The van der Waals surface area contributed by atoms with Crippen LogP contribution < -0.4 is 0 Å². The molecule has 1 aliphatic rings. The van der Waals surface area contributed by atoms with Crippen molar-refractivity contribution in [1.82, 2.24) is 19.9 Å². The maximum atomic E-state index is 12.7. The summed E-state index contributed by atoms with van der Waals surface area (Å²) in [6.45, 7) is 2.44. The zero-order valence-corrected chi connectivity index (χ0v) is 15.6. The molecule has 3 aromatic rings. The van der Waals surface area contributed by atoms with Crippen LogP contribution in [-0.4, -0.2) is 26.4 Å². The summed E-state index contributed by atoms with van der Waals surface area (Å²) in [7, 11) is 0. The zero-order valence-electron chi connectivity index (χ0n) is 14.8. The summed E-state index contributed by atoms with van der Waals surface area (Å²) in [5.41, 5.74) is 4.00. The van der Waals surface area contributed by atoms with Crippen LogP contribution in [0.1, 0.15) is 22.4 Å². The molecule has 144 valence electrons. The predicted octanol–water partition coefficient (Wildman–Crippen LogP) is 4.78. The van der Waals surface area contributed by atoms with E-state index >= 15 is 0 Å². The van der Waals surface area contributed by atoms with Gasteiger partial charge in [-0.15, -0.1) is 0 Å². The molecule has 0 saturated heterocycles. The van der Waals surface area contributed by atoms with Crippen molar-refractivity contribution in [3.05, 3.63) is 75.9 Å². The topological polar surface area (TPSA) is 44.8 Å². The molecule has 0 radical (unpaired) electrons. The Balaban J connectivity index is 1.44. The van der Waals surface area contributed by atoms with E-state index < -0.39 is 11.7 Å². The van der Waals surface area contributed by atoms with Gasteiger partial charge < -0.3 is 4.98 Å². The van der Waals surface area contributed by atoms with Gasteiger partial charge in [0.2, 0.25) is 0 Å². The first-order chi connectivity index (χ1) is 13.4. The monoisotopic (exact) mass is 402 g/mol. The summed E-state index contributed by atoms with van der Waals surface area (Å²) in [5.74, 6) is 0. The minimum Gasteiger partial charge on any atom is -0.334 e. The summed E-state index contributed by atoms with van der Waals surface area (Å²) in [6, 6.07) is 8.86. The van der Waals surface area contributed by atoms with Crippen molar-refractivity contribution in [3.8, 4) is 11.3 Å². The van der Waals surface area contributed by atoms with E-state index in [2.05, 4.69) is 19.9 Å². The molecule has 1 aromatic carbocycles. The van der Waals surface area contributed by atoms with Crippen molar-refractivity contribution < 1.29 is 13.2 Å². The van der Waals surface area contributed by atoms with Gasteiger partial charge in [-0.25, -0.2) is 4.98 Å². The molecule has 4 nitrogen and oxygen atoms in total. The van der Waals surface area contributed by atoms with Crippen LogP contribution in [0.25, 0.3) is 11.3 Å². The number of halogens is 3. The molecule has 3 heterocycles. The number of fused-ring (bicyclic) bond motifs is 1. The van der Waals surface area contributed by atoms with E-state index in [0.717, 1.165) is 55.0 Å². The van der Waals surface area contributed by atoms with Gasteiger partial charge in [0.15, 0.2) is 4.77 Å². The zero-order chi connectivity index (χ0) is 19.7. The molecule has 8 heteroatoms. The summed E-state index contributed by atoms with van der Waals surface area (Å²) < 4.78 is 38.5. The Hall–Kier alpha value is -2.58. The average molecular weight is 402 g/mol. The molecule has 1 N–H and O–H groups in total. The maximum absolute atomic E-state index is 12.7. The highest BCUT2D eigenvalue weighted by Crippen LogP contribution is 2.30. The summed E-state index contributed by atoms with van der Waals surface area (Å²) >= 11 is 5.07. The van der Waals surface area contributed by atoms with E-state index in [1.807, 2.05) is 18.3 Å². The van der Waals surface area contributed by atoms with Gasteiger partial charge in [0.25, 0.3) is 0 Å². The lowest BCUT2D eigenvalue weighted by Crippen LogP contribution is -2.30. The average Bonchev–Trinajstić information content (AvgIpc) is 2.68. The van der Waals surface area contributed by atoms with Gasteiger partial charge in [-0.2, -0.15) is 13.2 Å². The van der Waals surface area contributed by atoms with Gasteiger partial charge in [0, 0.05) is 55.3 Å². The molecule has 0 atom stereocenters. The number of rotatable bonds is 3. The quantitative estimate of drug-likeness (QED) is 0.641. The van der Waals surface area contributed by atoms with Gasteiger partial charge in [0.1, 0.15) is 0 Å². The Kier molecular flexibility index (Phi) is 4.99. The highest BCUT2D eigenvalue weighted by Gasteiger charge is 2.30. The van der Waals surface area contributed by atoms with E-state index in [0.29, 0.717) is 16.0 Å². The molecule has 2 aromatic heterocycles. The van der Waals surface area contributed by atoms with E-state index in [-0.39, 0.29) is 0 Å². The standard InChI is InChI=1S/C20H17F3N4S/c21-20(22,23)16-4-2-14(3-5-16)17-6-1-13(9-24-17)11-27-8-7-18-15(12-27)10-25-19(28)26-18/h1-6,9-10H,7-8,11-12H2,(H,25,26,28). The second kappa shape index (κ2) is 7.44. The Bertz CT molecular complexity index is 1030. The van der Waals surface area contributed by atoms with E-state index in [1.54, 1.807) is 6.20 Å². The number of alkyl halides is 3. The van der Waals surface area contributed by atoms with Crippen molar-refractivity contribution >= 4 is 12.2 Å².